The van der Waals surface area contributed by atoms with Crippen molar-refractivity contribution in [3.8, 4) is 5.88 Å². The molecule has 0 amide bonds. The molecule has 0 aliphatic carbocycles. The van der Waals surface area contributed by atoms with Crippen LogP contribution in [0.2, 0.25) is 0 Å². The second-order valence-corrected chi connectivity index (χ2v) is 5.24. The van der Waals surface area contributed by atoms with Gasteiger partial charge in [0, 0.05) is 4.47 Å². The van der Waals surface area contributed by atoms with Gasteiger partial charge in [-0.3, -0.25) is 0 Å². The third kappa shape index (κ3) is 3.44. The van der Waals surface area contributed by atoms with Gasteiger partial charge >= 0.3 is 0 Å². The van der Waals surface area contributed by atoms with Crippen LogP contribution in [-0.2, 0) is 6.61 Å². The van der Waals surface area contributed by atoms with Gasteiger partial charge in [-0.15, -0.1) is 0 Å². The predicted octanol–water partition coefficient (Wildman–Crippen LogP) is 3.77. The van der Waals surface area contributed by atoms with Crippen LogP contribution in [0.4, 0.5) is 5.69 Å². The summed E-state index contributed by atoms with van der Waals surface area (Å²) in [6.07, 6.45) is 1.57. The van der Waals surface area contributed by atoms with Crippen molar-refractivity contribution in [2.24, 2.45) is 0 Å². The normalized spacial score (nSPS) is 10.2. The van der Waals surface area contributed by atoms with Crippen molar-refractivity contribution in [2.45, 2.75) is 6.61 Å². The van der Waals surface area contributed by atoms with Crippen LogP contribution in [-0.4, -0.2) is 4.98 Å². The van der Waals surface area contributed by atoms with Crippen molar-refractivity contribution in [1.29, 1.82) is 0 Å². The summed E-state index contributed by atoms with van der Waals surface area (Å²) in [7, 11) is 0. The molecular weight excluding hydrogens is 348 g/mol. The minimum absolute atomic E-state index is 0.467. The summed E-state index contributed by atoms with van der Waals surface area (Å²) in [5.41, 5.74) is 7.28. The summed E-state index contributed by atoms with van der Waals surface area (Å²) in [6, 6.07) is 9.71. The summed E-state index contributed by atoms with van der Waals surface area (Å²) in [5.74, 6) is 0.541. The van der Waals surface area contributed by atoms with E-state index >= 15 is 0 Å². The van der Waals surface area contributed by atoms with E-state index in [0.717, 1.165) is 14.5 Å². The standard InChI is InChI=1S/C12H10Br2N2O/c13-9-3-1-2-8(4-9)7-17-12-11(14)5-10(15)6-16-12/h1-6H,7,15H2. The molecule has 0 spiro atoms. The highest BCUT2D eigenvalue weighted by Crippen LogP contribution is 2.25. The maximum absolute atomic E-state index is 5.60. The molecule has 17 heavy (non-hydrogen) atoms. The molecule has 1 aromatic heterocycles. The van der Waals surface area contributed by atoms with Crippen LogP contribution in [0, 0.1) is 0 Å². The highest BCUT2D eigenvalue weighted by Gasteiger charge is 2.03. The van der Waals surface area contributed by atoms with Crippen LogP contribution in [0.3, 0.4) is 0 Å². The first kappa shape index (κ1) is 12.4. The number of anilines is 1. The van der Waals surface area contributed by atoms with Gasteiger partial charge in [-0.2, -0.15) is 0 Å². The molecule has 0 atom stereocenters. The van der Waals surface area contributed by atoms with Gasteiger partial charge in [-0.05, 0) is 39.7 Å². The van der Waals surface area contributed by atoms with Crippen LogP contribution in [0.15, 0.2) is 45.5 Å². The third-order valence-corrected chi connectivity index (χ3v) is 3.15. The van der Waals surface area contributed by atoms with Crippen LogP contribution >= 0.6 is 31.9 Å². The molecule has 1 aromatic carbocycles. The summed E-state index contributed by atoms with van der Waals surface area (Å²) in [4.78, 5) is 4.11. The molecule has 0 saturated heterocycles. The fourth-order valence-corrected chi connectivity index (χ4v) is 2.25. The molecular formula is C12H10Br2N2O. The summed E-state index contributed by atoms with van der Waals surface area (Å²) < 4.78 is 7.39. The van der Waals surface area contributed by atoms with Gasteiger partial charge in [0.1, 0.15) is 6.61 Å². The number of halogens is 2. The Morgan fingerprint density at radius 2 is 2.06 bits per heavy atom. The Labute approximate surface area is 116 Å². The number of hydrogen-bond donors (Lipinski definition) is 1. The first-order valence-electron chi connectivity index (χ1n) is 4.93. The van der Waals surface area contributed by atoms with Crippen molar-refractivity contribution in [3.63, 3.8) is 0 Å². The number of pyridine rings is 1. The largest absolute Gasteiger partial charge is 0.472 e. The zero-order chi connectivity index (χ0) is 12.3. The molecule has 0 saturated carbocycles. The van der Waals surface area contributed by atoms with Crippen LogP contribution in [0.5, 0.6) is 5.88 Å². The molecule has 1 heterocycles. The first-order valence-corrected chi connectivity index (χ1v) is 6.52. The molecule has 0 unspecified atom stereocenters. The Hall–Kier alpha value is -1.07. The Morgan fingerprint density at radius 1 is 1.24 bits per heavy atom. The van der Waals surface area contributed by atoms with E-state index in [1.807, 2.05) is 24.3 Å². The van der Waals surface area contributed by atoms with E-state index in [2.05, 4.69) is 36.8 Å². The van der Waals surface area contributed by atoms with Crippen molar-refractivity contribution in [2.75, 3.05) is 5.73 Å². The van der Waals surface area contributed by atoms with E-state index < -0.39 is 0 Å². The molecule has 3 nitrogen and oxygen atoms in total. The maximum atomic E-state index is 5.60. The van der Waals surface area contributed by atoms with Gasteiger partial charge in [0.15, 0.2) is 0 Å². The molecule has 0 aliphatic heterocycles. The van der Waals surface area contributed by atoms with Crippen molar-refractivity contribution in [1.82, 2.24) is 4.98 Å². The van der Waals surface area contributed by atoms with Crippen molar-refractivity contribution < 1.29 is 4.74 Å². The van der Waals surface area contributed by atoms with Gasteiger partial charge in [0.2, 0.25) is 5.88 Å². The second kappa shape index (κ2) is 5.51. The molecule has 2 N–H and O–H groups in total. The quantitative estimate of drug-likeness (QED) is 0.909. The monoisotopic (exact) mass is 356 g/mol. The lowest BCUT2D eigenvalue weighted by Gasteiger charge is -2.07. The van der Waals surface area contributed by atoms with Crippen LogP contribution < -0.4 is 10.5 Å². The molecule has 0 aliphatic rings. The topological polar surface area (TPSA) is 48.1 Å². The van der Waals surface area contributed by atoms with Crippen molar-refractivity contribution in [3.05, 3.63) is 51.0 Å². The fourth-order valence-electron chi connectivity index (χ4n) is 1.32. The number of hydrogen-bond acceptors (Lipinski definition) is 3. The number of ether oxygens (including phenoxy) is 1. The van der Waals surface area contributed by atoms with E-state index in [1.165, 1.54) is 0 Å². The van der Waals surface area contributed by atoms with E-state index in [1.54, 1.807) is 12.3 Å². The lowest BCUT2D eigenvalue weighted by atomic mass is 10.2. The van der Waals surface area contributed by atoms with Gasteiger partial charge < -0.3 is 10.5 Å². The minimum atomic E-state index is 0.467. The fraction of sp³-hybridized carbons (Fsp3) is 0.0833. The Kier molecular flexibility index (Phi) is 4.02. The van der Waals surface area contributed by atoms with Crippen LogP contribution in [0.25, 0.3) is 0 Å². The predicted molar refractivity (Wildman–Crippen MR) is 74.8 cm³/mol. The summed E-state index contributed by atoms with van der Waals surface area (Å²) in [5, 5.41) is 0. The average molecular weight is 358 g/mol. The number of aromatic nitrogens is 1. The van der Waals surface area contributed by atoms with Gasteiger partial charge in [-0.25, -0.2) is 4.98 Å². The zero-order valence-electron chi connectivity index (χ0n) is 8.86. The Morgan fingerprint density at radius 3 is 2.76 bits per heavy atom. The van der Waals surface area contributed by atoms with Gasteiger partial charge in [0.25, 0.3) is 0 Å². The highest BCUT2D eigenvalue weighted by atomic mass is 79.9. The number of rotatable bonds is 3. The number of nitrogens with two attached hydrogens (primary N) is 1. The maximum Gasteiger partial charge on any atom is 0.228 e. The van der Waals surface area contributed by atoms with Gasteiger partial charge in [-0.1, -0.05) is 28.1 Å². The number of benzene rings is 1. The molecule has 2 aromatic rings. The summed E-state index contributed by atoms with van der Waals surface area (Å²) in [6.45, 7) is 0.467. The van der Waals surface area contributed by atoms with E-state index in [0.29, 0.717) is 18.2 Å². The lowest BCUT2D eigenvalue weighted by Crippen LogP contribution is -1.98. The first-order chi connectivity index (χ1) is 8.15. The van der Waals surface area contributed by atoms with Crippen LogP contribution in [0.1, 0.15) is 5.56 Å². The molecule has 0 bridgehead atoms. The average Bonchev–Trinajstić information content (AvgIpc) is 2.28. The minimum Gasteiger partial charge on any atom is -0.472 e. The van der Waals surface area contributed by atoms with E-state index in [4.69, 9.17) is 10.5 Å². The number of nitrogen functional groups attached to an aromatic ring is 1. The Bertz CT molecular complexity index is 532. The molecule has 5 heteroatoms. The van der Waals surface area contributed by atoms with Crippen molar-refractivity contribution >= 4 is 37.5 Å². The number of nitrogens with zero attached hydrogens (tertiary/aromatic N) is 1. The molecule has 0 fully saturated rings. The van der Waals surface area contributed by atoms with E-state index in [9.17, 15) is 0 Å². The SMILES string of the molecule is Nc1cnc(OCc2cccc(Br)c2)c(Br)c1. The van der Waals surface area contributed by atoms with E-state index in [-0.39, 0.29) is 0 Å². The Balaban J connectivity index is 2.07. The smallest absolute Gasteiger partial charge is 0.228 e. The lowest BCUT2D eigenvalue weighted by molar-refractivity contribution is 0.292. The third-order valence-electron chi connectivity index (χ3n) is 2.09. The molecule has 0 radical (unpaired) electrons. The molecule has 2 rings (SSSR count). The second-order valence-electron chi connectivity index (χ2n) is 3.47. The summed E-state index contributed by atoms with van der Waals surface area (Å²) >= 11 is 6.77. The van der Waals surface area contributed by atoms with Gasteiger partial charge in [0.05, 0.1) is 16.4 Å². The zero-order valence-corrected chi connectivity index (χ0v) is 12.0. The highest BCUT2D eigenvalue weighted by molar-refractivity contribution is 9.10. The molecule has 88 valence electrons.